The average molecular weight is 388 g/mol. The number of nitrogens with zero attached hydrogens (tertiary/aromatic N) is 2. The van der Waals surface area contributed by atoms with Crippen LogP contribution < -0.4 is 5.32 Å². The van der Waals surface area contributed by atoms with Gasteiger partial charge in [-0.1, -0.05) is 47.5 Å². The molecule has 1 N–H and O–H groups in total. The van der Waals surface area contributed by atoms with Crippen molar-refractivity contribution >= 4 is 34.8 Å². The van der Waals surface area contributed by atoms with E-state index in [1.54, 1.807) is 12.1 Å². The van der Waals surface area contributed by atoms with Gasteiger partial charge in [-0.3, -0.25) is 14.7 Å². The van der Waals surface area contributed by atoms with Crippen molar-refractivity contribution in [3.05, 3.63) is 69.7 Å². The van der Waals surface area contributed by atoms with Gasteiger partial charge >= 0.3 is 0 Å². The highest BCUT2D eigenvalue weighted by Gasteiger charge is 2.42. The second-order valence-corrected chi connectivity index (χ2v) is 7.73. The summed E-state index contributed by atoms with van der Waals surface area (Å²) in [6.45, 7) is 2.65. The smallest absolute Gasteiger partial charge is 0.272 e. The number of likely N-dealkylation sites (tertiary alicyclic amines) is 1. The van der Waals surface area contributed by atoms with Crippen LogP contribution in [0.4, 0.5) is 0 Å². The Bertz CT molecular complexity index is 856. The lowest BCUT2D eigenvalue weighted by Gasteiger charge is -2.37. The number of amides is 1. The Morgan fingerprint density at radius 3 is 2.46 bits per heavy atom. The maximum atomic E-state index is 12.5. The molecule has 4 rings (SSSR count). The molecule has 2 heterocycles. The molecule has 1 amide bonds. The molecule has 1 fully saturated rings. The first-order valence-electron chi connectivity index (χ1n) is 8.68. The van der Waals surface area contributed by atoms with E-state index in [-0.39, 0.29) is 5.91 Å². The normalized spacial score (nSPS) is 19.5. The van der Waals surface area contributed by atoms with Crippen LogP contribution in [0.1, 0.15) is 24.0 Å². The first-order chi connectivity index (χ1) is 12.5. The number of nitrogens with one attached hydrogen (secondary N) is 1. The van der Waals surface area contributed by atoms with E-state index in [0.29, 0.717) is 10.7 Å². The van der Waals surface area contributed by atoms with Crippen LogP contribution in [0, 0.1) is 0 Å². The number of carbonyl (C=O) groups is 1. The quantitative estimate of drug-likeness (QED) is 0.867. The third-order valence-corrected chi connectivity index (χ3v) is 5.47. The van der Waals surface area contributed by atoms with E-state index in [2.05, 4.69) is 22.3 Å². The predicted octanol–water partition coefficient (Wildman–Crippen LogP) is 3.90. The molecular weight excluding hydrogens is 369 g/mol. The summed E-state index contributed by atoms with van der Waals surface area (Å²) in [7, 11) is 0. The lowest BCUT2D eigenvalue weighted by molar-refractivity contribution is -0.115. The van der Waals surface area contributed by atoms with Crippen LogP contribution in [0.3, 0.4) is 0 Å². The predicted molar refractivity (Wildman–Crippen MR) is 105 cm³/mol. The summed E-state index contributed by atoms with van der Waals surface area (Å²) in [5, 5.41) is 4.46. The number of rotatable bonds is 3. The SMILES string of the molecule is O=C1NC2(CCN(Cc3ccc(Cl)cc3)CC2)N=C1c1cccc(Cl)c1. The Morgan fingerprint density at radius 1 is 1.04 bits per heavy atom. The van der Waals surface area contributed by atoms with Crippen molar-refractivity contribution in [2.24, 2.45) is 4.99 Å². The summed E-state index contributed by atoms with van der Waals surface area (Å²) in [5.41, 5.74) is 2.02. The van der Waals surface area contributed by atoms with Gasteiger partial charge in [0.2, 0.25) is 0 Å². The standard InChI is InChI=1S/C20H19Cl2N3O/c21-16-6-4-14(5-7-16)13-25-10-8-20(9-11-25)23-18(19(26)24-20)15-2-1-3-17(22)12-15/h1-7,12H,8-11,13H2,(H,24,26). The Balaban J connectivity index is 1.45. The number of hydrogen-bond donors (Lipinski definition) is 1. The zero-order chi connectivity index (χ0) is 18.1. The van der Waals surface area contributed by atoms with Crippen LogP contribution in [-0.4, -0.2) is 35.3 Å². The molecule has 2 aromatic rings. The Labute approximate surface area is 162 Å². The second kappa shape index (κ2) is 7.03. The molecule has 2 aliphatic heterocycles. The molecule has 0 bridgehead atoms. The molecule has 2 aromatic carbocycles. The van der Waals surface area contributed by atoms with Crippen molar-refractivity contribution in [3.8, 4) is 0 Å². The summed E-state index contributed by atoms with van der Waals surface area (Å²) in [5.74, 6) is -0.113. The van der Waals surface area contributed by atoms with Gasteiger partial charge in [0, 0.05) is 48.1 Å². The van der Waals surface area contributed by atoms with Gasteiger partial charge < -0.3 is 5.32 Å². The molecule has 0 atom stereocenters. The summed E-state index contributed by atoms with van der Waals surface area (Å²) in [6.07, 6.45) is 1.60. The van der Waals surface area contributed by atoms with Crippen molar-refractivity contribution in [1.29, 1.82) is 0 Å². The third kappa shape index (κ3) is 3.63. The van der Waals surface area contributed by atoms with Crippen LogP contribution in [0.5, 0.6) is 0 Å². The zero-order valence-electron chi connectivity index (χ0n) is 14.2. The maximum absolute atomic E-state index is 12.5. The Morgan fingerprint density at radius 2 is 1.77 bits per heavy atom. The molecule has 6 heteroatoms. The van der Waals surface area contributed by atoms with Gasteiger partial charge in [-0.05, 0) is 29.8 Å². The summed E-state index contributed by atoms with van der Waals surface area (Å²) < 4.78 is 0. The highest BCUT2D eigenvalue weighted by molar-refractivity contribution is 6.47. The van der Waals surface area contributed by atoms with Crippen LogP contribution in [0.15, 0.2) is 53.5 Å². The molecule has 2 aliphatic rings. The highest BCUT2D eigenvalue weighted by Crippen LogP contribution is 2.30. The minimum atomic E-state index is -0.481. The topological polar surface area (TPSA) is 44.7 Å². The molecule has 0 saturated carbocycles. The monoisotopic (exact) mass is 387 g/mol. The summed E-state index contributed by atoms with van der Waals surface area (Å²) >= 11 is 12.0. The third-order valence-electron chi connectivity index (χ3n) is 4.99. The summed E-state index contributed by atoms with van der Waals surface area (Å²) in [4.78, 5) is 19.6. The van der Waals surface area contributed by atoms with Crippen molar-refractivity contribution in [3.63, 3.8) is 0 Å². The fourth-order valence-corrected chi connectivity index (χ4v) is 3.88. The fraction of sp³-hybridized carbons (Fsp3) is 0.300. The van der Waals surface area contributed by atoms with Gasteiger partial charge in [-0.2, -0.15) is 0 Å². The largest absolute Gasteiger partial charge is 0.326 e. The first kappa shape index (κ1) is 17.5. The molecule has 0 aromatic heterocycles. The maximum Gasteiger partial charge on any atom is 0.272 e. The van der Waals surface area contributed by atoms with E-state index in [1.807, 2.05) is 24.3 Å². The van der Waals surface area contributed by atoms with Gasteiger partial charge in [-0.15, -0.1) is 0 Å². The second-order valence-electron chi connectivity index (χ2n) is 6.86. The average Bonchev–Trinajstić information content (AvgIpc) is 2.95. The lowest BCUT2D eigenvalue weighted by atomic mass is 9.97. The van der Waals surface area contributed by atoms with E-state index in [4.69, 9.17) is 28.2 Å². The highest BCUT2D eigenvalue weighted by atomic mass is 35.5. The molecule has 4 nitrogen and oxygen atoms in total. The van der Waals surface area contributed by atoms with Crippen LogP contribution >= 0.6 is 23.2 Å². The van der Waals surface area contributed by atoms with E-state index in [0.717, 1.165) is 43.1 Å². The molecule has 134 valence electrons. The van der Waals surface area contributed by atoms with Crippen LogP contribution in [0.2, 0.25) is 10.0 Å². The molecule has 26 heavy (non-hydrogen) atoms. The lowest BCUT2D eigenvalue weighted by Crippen LogP contribution is -2.50. The number of carbonyl (C=O) groups excluding carboxylic acids is 1. The van der Waals surface area contributed by atoms with Gasteiger partial charge in [0.15, 0.2) is 0 Å². The van der Waals surface area contributed by atoms with Crippen LogP contribution in [0.25, 0.3) is 0 Å². The molecule has 0 aliphatic carbocycles. The van der Waals surface area contributed by atoms with Gasteiger partial charge in [0.25, 0.3) is 5.91 Å². The summed E-state index contributed by atoms with van der Waals surface area (Å²) in [6, 6.07) is 15.2. The number of benzene rings is 2. The van der Waals surface area contributed by atoms with E-state index in [9.17, 15) is 4.79 Å². The van der Waals surface area contributed by atoms with Gasteiger partial charge in [-0.25, -0.2) is 0 Å². The van der Waals surface area contributed by atoms with Gasteiger partial charge in [0.05, 0.1) is 0 Å². The number of piperidine rings is 1. The molecule has 1 spiro atoms. The Hall–Kier alpha value is -1.88. The number of hydrogen-bond acceptors (Lipinski definition) is 3. The van der Waals surface area contributed by atoms with E-state index < -0.39 is 5.66 Å². The zero-order valence-corrected chi connectivity index (χ0v) is 15.7. The molecule has 0 radical (unpaired) electrons. The Kier molecular flexibility index (Phi) is 4.74. The van der Waals surface area contributed by atoms with Gasteiger partial charge in [0.1, 0.15) is 11.4 Å². The van der Waals surface area contributed by atoms with Crippen molar-refractivity contribution in [2.45, 2.75) is 25.0 Å². The van der Waals surface area contributed by atoms with E-state index in [1.165, 1.54) is 5.56 Å². The minimum absolute atomic E-state index is 0.113. The number of aliphatic imine (C=N–C) groups is 1. The molecule has 1 saturated heterocycles. The number of halogens is 2. The minimum Gasteiger partial charge on any atom is -0.326 e. The first-order valence-corrected chi connectivity index (χ1v) is 9.44. The van der Waals surface area contributed by atoms with Crippen LogP contribution in [-0.2, 0) is 11.3 Å². The van der Waals surface area contributed by atoms with Crippen molar-refractivity contribution < 1.29 is 4.79 Å². The van der Waals surface area contributed by atoms with Crippen molar-refractivity contribution in [1.82, 2.24) is 10.2 Å². The molecule has 0 unspecified atom stereocenters. The van der Waals surface area contributed by atoms with E-state index >= 15 is 0 Å². The molecular formula is C20H19Cl2N3O. The van der Waals surface area contributed by atoms with Crippen molar-refractivity contribution in [2.75, 3.05) is 13.1 Å². The fourth-order valence-electron chi connectivity index (χ4n) is 3.56.